The lowest BCUT2D eigenvalue weighted by molar-refractivity contribution is -0.122. The Labute approximate surface area is 199 Å². The summed E-state index contributed by atoms with van der Waals surface area (Å²) in [7, 11) is 1.61. The molecular weight excluding hydrogens is 535 g/mol. The second-order valence-electron chi connectivity index (χ2n) is 6.41. The predicted molar refractivity (Wildman–Crippen MR) is 133 cm³/mol. The highest BCUT2D eigenvalue weighted by Gasteiger charge is 2.32. The van der Waals surface area contributed by atoms with Gasteiger partial charge in [-0.15, -0.1) is 0 Å². The van der Waals surface area contributed by atoms with Crippen LogP contribution in [0.5, 0.6) is 11.5 Å². The minimum absolute atomic E-state index is 0.0441. The van der Waals surface area contributed by atoms with Crippen LogP contribution in [0.4, 0.5) is 5.69 Å². The molecule has 1 saturated heterocycles. The molecule has 1 aliphatic rings. The second-order valence-corrected chi connectivity index (χ2v) is 9.01. The molecule has 30 heavy (non-hydrogen) atoms. The van der Waals surface area contributed by atoms with Crippen LogP contribution in [0.25, 0.3) is 6.08 Å². The molecule has 8 heteroatoms. The van der Waals surface area contributed by atoms with Gasteiger partial charge in [-0.2, -0.15) is 0 Å². The third-order valence-corrected chi connectivity index (χ3v) is 6.28. The first kappa shape index (κ1) is 23.0. The van der Waals surface area contributed by atoms with Crippen LogP contribution in [-0.4, -0.2) is 36.2 Å². The van der Waals surface area contributed by atoms with E-state index in [9.17, 15) is 4.79 Å². The minimum atomic E-state index is -0.0441. The lowest BCUT2D eigenvalue weighted by Gasteiger charge is -2.14. The number of carbonyl (C=O) groups is 1. The number of carbonyl (C=O) groups excluding carboxylic acids is 1. The van der Waals surface area contributed by atoms with Crippen molar-refractivity contribution in [3.8, 4) is 11.5 Å². The Balaban J connectivity index is 1.96. The number of methoxy groups -OCH3 is 1. The van der Waals surface area contributed by atoms with E-state index in [-0.39, 0.29) is 5.91 Å². The van der Waals surface area contributed by atoms with Crippen LogP contribution in [0.2, 0.25) is 5.02 Å². The molecular formula is C22H22ClIN2O3S. The molecule has 2 aromatic carbocycles. The van der Waals surface area contributed by atoms with Crippen LogP contribution in [0.15, 0.2) is 46.3 Å². The fraction of sp³-hybridized carbons (Fsp3) is 0.273. The Kier molecular flexibility index (Phi) is 8.07. The maximum Gasteiger partial charge on any atom is 0.266 e. The molecule has 0 bridgehead atoms. The number of hydrogen-bond acceptors (Lipinski definition) is 5. The van der Waals surface area contributed by atoms with Gasteiger partial charge in [-0.05, 0) is 95.7 Å². The lowest BCUT2D eigenvalue weighted by atomic mass is 10.2. The molecule has 0 atom stereocenters. The highest BCUT2D eigenvalue weighted by molar-refractivity contribution is 14.1. The number of aliphatic imine (C=N–C) groups is 1. The van der Waals surface area contributed by atoms with Gasteiger partial charge in [0, 0.05) is 11.6 Å². The van der Waals surface area contributed by atoms with Crippen LogP contribution < -0.4 is 9.47 Å². The number of thioether (sulfide) groups is 1. The Morgan fingerprint density at radius 1 is 1.23 bits per heavy atom. The van der Waals surface area contributed by atoms with Crippen molar-refractivity contribution in [3.63, 3.8) is 0 Å². The molecule has 0 aliphatic carbocycles. The average Bonchev–Trinajstić information content (AvgIpc) is 3.00. The topological polar surface area (TPSA) is 51.1 Å². The molecule has 5 nitrogen and oxygen atoms in total. The largest absolute Gasteiger partial charge is 0.493 e. The molecule has 0 unspecified atom stereocenters. The van der Waals surface area contributed by atoms with Gasteiger partial charge in [-0.1, -0.05) is 18.5 Å². The van der Waals surface area contributed by atoms with Crippen molar-refractivity contribution in [3.05, 3.63) is 55.5 Å². The Bertz CT molecular complexity index is 993. The number of hydrogen-bond donors (Lipinski definition) is 0. The lowest BCUT2D eigenvalue weighted by Crippen LogP contribution is -2.29. The third kappa shape index (κ3) is 5.31. The van der Waals surface area contributed by atoms with Crippen molar-refractivity contribution in [2.45, 2.75) is 20.3 Å². The summed E-state index contributed by atoms with van der Waals surface area (Å²) in [6, 6.07) is 11.1. The number of ether oxygens (including phenoxy) is 2. The summed E-state index contributed by atoms with van der Waals surface area (Å²) >= 11 is 9.56. The molecule has 0 spiro atoms. The summed E-state index contributed by atoms with van der Waals surface area (Å²) in [5.41, 5.74) is 1.63. The van der Waals surface area contributed by atoms with Gasteiger partial charge in [0.1, 0.15) is 0 Å². The standard InChI is InChI=1S/C22H22ClIN2O3S/c1-4-10-26-21(27)19(30-22(26)25-16-8-6-15(23)7-9-16)13-14-11-17(24)20(29-5-2)18(12-14)28-3/h6-9,11-13H,4-5,10H2,1-3H3/b19-13-,25-22?. The molecule has 1 heterocycles. The Morgan fingerprint density at radius 3 is 2.60 bits per heavy atom. The van der Waals surface area contributed by atoms with Crippen LogP contribution >= 0.6 is 46.0 Å². The van der Waals surface area contributed by atoms with Crippen molar-refractivity contribution in [1.29, 1.82) is 0 Å². The van der Waals surface area contributed by atoms with Gasteiger partial charge in [0.05, 0.1) is 27.9 Å². The van der Waals surface area contributed by atoms with Gasteiger partial charge in [-0.3, -0.25) is 9.69 Å². The van der Waals surface area contributed by atoms with Crippen molar-refractivity contribution < 1.29 is 14.3 Å². The molecule has 0 saturated carbocycles. The first-order valence-electron chi connectivity index (χ1n) is 9.52. The highest BCUT2D eigenvalue weighted by Crippen LogP contribution is 2.38. The molecule has 1 amide bonds. The number of nitrogens with zero attached hydrogens (tertiary/aromatic N) is 2. The first-order valence-corrected chi connectivity index (χ1v) is 11.8. The van der Waals surface area contributed by atoms with Gasteiger partial charge in [0.2, 0.25) is 0 Å². The smallest absolute Gasteiger partial charge is 0.266 e. The molecule has 0 radical (unpaired) electrons. The van der Waals surface area contributed by atoms with Crippen LogP contribution in [-0.2, 0) is 4.79 Å². The van der Waals surface area contributed by atoms with Crippen molar-refractivity contribution in [2.75, 3.05) is 20.3 Å². The van der Waals surface area contributed by atoms with Gasteiger partial charge in [-0.25, -0.2) is 4.99 Å². The van der Waals surface area contributed by atoms with Crippen LogP contribution in [0, 0.1) is 3.57 Å². The third-order valence-electron chi connectivity index (χ3n) is 4.22. The first-order chi connectivity index (χ1) is 14.5. The normalized spacial score (nSPS) is 16.6. The maximum absolute atomic E-state index is 13.0. The SMILES string of the molecule is CCCN1C(=O)/C(=C/c2cc(I)c(OCC)c(OC)c2)SC1=Nc1ccc(Cl)cc1. The number of halogens is 2. The van der Waals surface area contributed by atoms with E-state index in [2.05, 4.69) is 27.6 Å². The molecule has 1 fully saturated rings. The summed E-state index contributed by atoms with van der Waals surface area (Å²) in [5, 5.41) is 1.32. The summed E-state index contributed by atoms with van der Waals surface area (Å²) in [4.78, 5) is 20.1. The zero-order valence-corrected chi connectivity index (χ0v) is 20.7. The Hall–Kier alpha value is -1.71. The summed E-state index contributed by atoms with van der Waals surface area (Å²) < 4.78 is 12.1. The quantitative estimate of drug-likeness (QED) is 0.294. The van der Waals surface area contributed by atoms with Gasteiger partial charge in [0.15, 0.2) is 16.7 Å². The van der Waals surface area contributed by atoms with Crippen LogP contribution in [0.3, 0.4) is 0 Å². The molecule has 158 valence electrons. The zero-order valence-electron chi connectivity index (χ0n) is 16.9. The van der Waals surface area contributed by atoms with Gasteiger partial charge < -0.3 is 9.47 Å². The molecule has 1 aliphatic heterocycles. The predicted octanol–water partition coefficient (Wildman–Crippen LogP) is 6.37. The van der Waals surface area contributed by atoms with Crippen molar-refractivity contribution in [2.24, 2.45) is 4.99 Å². The van der Waals surface area contributed by atoms with E-state index in [1.807, 2.05) is 44.2 Å². The van der Waals surface area contributed by atoms with E-state index in [1.165, 1.54) is 11.8 Å². The number of rotatable bonds is 7. The molecule has 2 aromatic rings. The average molecular weight is 557 g/mol. The van der Waals surface area contributed by atoms with E-state index in [4.69, 9.17) is 21.1 Å². The van der Waals surface area contributed by atoms with Crippen molar-refractivity contribution in [1.82, 2.24) is 4.90 Å². The molecule has 3 rings (SSSR count). The van der Waals surface area contributed by atoms with E-state index >= 15 is 0 Å². The molecule has 0 aromatic heterocycles. The fourth-order valence-electron chi connectivity index (χ4n) is 2.90. The van der Waals surface area contributed by atoms with E-state index in [0.29, 0.717) is 39.7 Å². The zero-order chi connectivity index (χ0) is 21.7. The summed E-state index contributed by atoms with van der Waals surface area (Å²) in [6.45, 7) is 5.14. The van der Waals surface area contributed by atoms with Crippen LogP contribution in [0.1, 0.15) is 25.8 Å². The maximum atomic E-state index is 13.0. The number of benzene rings is 2. The minimum Gasteiger partial charge on any atom is -0.493 e. The van der Waals surface area contributed by atoms with E-state index in [0.717, 1.165) is 21.2 Å². The summed E-state index contributed by atoms with van der Waals surface area (Å²) in [5.74, 6) is 1.31. The fourth-order valence-corrected chi connectivity index (χ4v) is 4.83. The second kappa shape index (κ2) is 10.5. The summed E-state index contributed by atoms with van der Waals surface area (Å²) in [6.07, 6.45) is 2.72. The van der Waals surface area contributed by atoms with E-state index < -0.39 is 0 Å². The van der Waals surface area contributed by atoms with Crippen molar-refractivity contribution >= 4 is 68.8 Å². The highest BCUT2D eigenvalue weighted by atomic mass is 127. The van der Waals surface area contributed by atoms with Gasteiger partial charge in [0.25, 0.3) is 5.91 Å². The number of amidine groups is 1. The Morgan fingerprint density at radius 2 is 1.97 bits per heavy atom. The van der Waals surface area contributed by atoms with E-state index in [1.54, 1.807) is 24.1 Å². The monoisotopic (exact) mass is 556 g/mol. The van der Waals surface area contributed by atoms with Gasteiger partial charge >= 0.3 is 0 Å². The number of amides is 1. The molecule has 0 N–H and O–H groups in total.